The lowest BCUT2D eigenvalue weighted by Gasteiger charge is -2.29. The van der Waals surface area contributed by atoms with E-state index in [4.69, 9.17) is 4.74 Å². The molecule has 0 spiro atoms. The highest BCUT2D eigenvalue weighted by atomic mass is 16.5. The third-order valence-electron chi connectivity index (χ3n) is 4.01. The van der Waals surface area contributed by atoms with Gasteiger partial charge in [-0.25, -0.2) is 0 Å². The first-order valence-corrected chi connectivity index (χ1v) is 7.78. The van der Waals surface area contributed by atoms with E-state index < -0.39 is 0 Å². The first-order chi connectivity index (χ1) is 10.1. The van der Waals surface area contributed by atoms with Gasteiger partial charge in [-0.05, 0) is 49.9 Å². The van der Waals surface area contributed by atoms with E-state index in [-0.39, 0.29) is 11.8 Å². The molecule has 0 radical (unpaired) electrons. The van der Waals surface area contributed by atoms with Crippen molar-refractivity contribution >= 4 is 17.3 Å². The van der Waals surface area contributed by atoms with Crippen molar-refractivity contribution in [2.45, 2.75) is 51.7 Å². The van der Waals surface area contributed by atoms with Gasteiger partial charge in [-0.1, -0.05) is 13.8 Å². The van der Waals surface area contributed by atoms with Crippen LogP contribution >= 0.6 is 0 Å². The summed E-state index contributed by atoms with van der Waals surface area (Å²) in [5.74, 6) is 0.0435. The van der Waals surface area contributed by atoms with Gasteiger partial charge in [0.15, 0.2) is 0 Å². The summed E-state index contributed by atoms with van der Waals surface area (Å²) in [5.41, 5.74) is 1.94. The van der Waals surface area contributed by atoms with Crippen molar-refractivity contribution in [1.29, 1.82) is 0 Å². The van der Waals surface area contributed by atoms with Gasteiger partial charge in [0.25, 0.3) is 0 Å². The molecule has 1 aromatic carbocycles. The summed E-state index contributed by atoms with van der Waals surface area (Å²) in [6.07, 6.45) is 4.99. The molecule has 116 valence electrons. The third-order valence-corrected chi connectivity index (χ3v) is 4.01. The zero-order valence-corrected chi connectivity index (χ0v) is 13.2. The average molecular weight is 290 g/mol. The van der Waals surface area contributed by atoms with Crippen molar-refractivity contribution in [1.82, 2.24) is 0 Å². The van der Waals surface area contributed by atoms with Crippen molar-refractivity contribution in [3.05, 3.63) is 24.3 Å². The lowest BCUT2D eigenvalue weighted by atomic mass is 9.92. The maximum absolute atomic E-state index is 11.6. The Balaban J connectivity index is 1.88. The van der Waals surface area contributed by atoms with Crippen molar-refractivity contribution in [3.63, 3.8) is 0 Å². The second-order valence-electron chi connectivity index (χ2n) is 6.09. The summed E-state index contributed by atoms with van der Waals surface area (Å²) < 4.78 is 5.46. The van der Waals surface area contributed by atoms with E-state index >= 15 is 0 Å². The minimum absolute atomic E-state index is 0.00369. The van der Waals surface area contributed by atoms with Crippen LogP contribution in [0.4, 0.5) is 11.4 Å². The highest BCUT2D eigenvalue weighted by molar-refractivity contribution is 5.92. The van der Waals surface area contributed by atoms with Crippen molar-refractivity contribution in [3.8, 4) is 0 Å². The molecule has 2 unspecified atom stereocenters. The van der Waals surface area contributed by atoms with Crippen LogP contribution in [0.2, 0.25) is 0 Å². The summed E-state index contributed by atoms with van der Waals surface area (Å²) in [6, 6.07) is 8.40. The van der Waals surface area contributed by atoms with E-state index in [2.05, 4.69) is 10.6 Å². The maximum atomic E-state index is 11.6. The molecule has 0 aromatic heterocycles. The molecule has 0 bridgehead atoms. The number of nitrogens with one attached hydrogen (secondary N) is 2. The van der Waals surface area contributed by atoms with Gasteiger partial charge in [0.1, 0.15) is 0 Å². The van der Waals surface area contributed by atoms with Crippen LogP contribution in [-0.4, -0.2) is 25.2 Å². The lowest BCUT2D eigenvalue weighted by Crippen LogP contribution is -2.30. The number of carbonyl (C=O) groups excluding carboxylic acids is 1. The number of hydrogen-bond acceptors (Lipinski definition) is 3. The molecule has 1 fully saturated rings. The fourth-order valence-corrected chi connectivity index (χ4v) is 2.66. The molecular formula is C17H26N2O2. The van der Waals surface area contributed by atoms with E-state index in [1.54, 1.807) is 7.11 Å². The zero-order valence-electron chi connectivity index (χ0n) is 13.2. The Bertz CT molecular complexity index is 456. The van der Waals surface area contributed by atoms with Gasteiger partial charge in [0.05, 0.1) is 6.10 Å². The van der Waals surface area contributed by atoms with Crippen LogP contribution in [0.1, 0.15) is 39.5 Å². The first-order valence-electron chi connectivity index (χ1n) is 7.78. The Labute approximate surface area is 127 Å². The topological polar surface area (TPSA) is 50.4 Å². The highest BCUT2D eigenvalue weighted by Crippen LogP contribution is 2.24. The molecule has 1 aromatic rings. The highest BCUT2D eigenvalue weighted by Gasteiger charge is 2.21. The Morgan fingerprint density at radius 3 is 2.48 bits per heavy atom. The van der Waals surface area contributed by atoms with E-state index in [1.807, 2.05) is 38.1 Å². The summed E-state index contributed by atoms with van der Waals surface area (Å²) >= 11 is 0. The molecule has 4 heteroatoms. The molecule has 0 saturated heterocycles. The number of anilines is 2. The van der Waals surface area contributed by atoms with Crippen molar-refractivity contribution in [2.75, 3.05) is 17.7 Å². The molecule has 0 aliphatic heterocycles. The standard InChI is InChI=1S/C17H26N2O2/c1-12(2)17(20)19-14-9-7-13(8-10-14)18-15-5-4-6-16(11-15)21-3/h7-10,12,15-16,18H,4-6,11H2,1-3H3,(H,19,20). The number of methoxy groups -OCH3 is 1. The van der Waals surface area contributed by atoms with Crippen LogP contribution in [0.3, 0.4) is 0 Å². The number of hydrogen-bond donors (Lipinski definition) is 2. The van der Waals surface area contributed by atoms with Gasteiger partial charge in [-0.3, -0.25) is 4.79 Å². The van der Waals surface area contributed by atoms with Crippen LogP contribution in [-0.2, 0) is 9.53 Å². The van der Waals surface area contributed by atoms with E-state index in [0.29, 0.717) is 12.1 Å². The second-order valence-corrected chi connectivity index (χ2v) is 6.09. The molecule has 1 amide bonds. The monoisotopic (exact) mass is 290 g/mol. The second kappa shape index (κ2) is 7.46. The number of amides is 1. The number of carbonyl (C=O) groups is 1. The minimum Gasteiger partial charge on any atom is -0.382 e. The Hall–Kier alpha value is -1.55. The predicted molar refractivity (Wildman–Crippen MR) is 86.6 cm³/mol. The van der Waals surface area contributed by atoms with Crippen LogP contribution in [0, 0.1) is 5.92 Å². The van der Waals surface area contributed by atoms with E-state index in [1.165, 1.54) is 12.8 Å². The van der Waals surface area contributed by atoms with Crippen LogP contribution in [0.25, 0.3) is 0 Å². The lowest BCUT2D eigenvalue weighted by molar-refractivity contribution is -0.118. The van der Waals surface area contributed by atoms with Crippen LogP contribution in [0.15, 0.2) is 24.3 Å². The summed E-state index contributed by atoms with van der Waals surface area (Å²) in [7, 11) is 1.79. The number of ether oxygens (including phenoxy) is 1. The Morgan fingerprint density at radius 1 is 1.19 bits per heavy atom. The number of benzene rings is 1. The largest absolute Gasteiger partial charge is 0.382 e. The van der Waals surface area contributed by atoms with Gasteiger partial charge < -0.3 is 15.4 Å². The normalized spacial score (nSPS) is 22.1. The SMILES string of the molecule is COC1CCCC(Nc2ccc(NC(=O)C(C)C)cc2)C1. The predicted octanol–water partition coefficient (Wildman–Crippen LogP) is 3.65. The average Bonchev–Trinajstić information content (AvgIpc) is 2.49. The van der Waals surface area contributed by atoms with E-state index in [0.717, 1.165) is 24.2 Å². The number of rotatable bonds is 5. The summed E-state index contributed by atoms with van der Waals surface area (Å²) in [5, 5.41) is 6.46. The molecule has 0 heterocycles. The molecule has 1 saturated carbocycles. The molecule has 2 atom stereocenters. The molecule has 21 heavy (non-hydrogen) atoms. The van der Waals surface area contributed by atoms with Gasteiger partial charge in [-0.2, -0.15) is 0 Å². The molecule has 4 nitrogen and oxygen atoms in total. The molecular weight excluding hydrogens is 264 g/mol. The molecule has 1 aliphatic rings. The van der Waals surface area contributed by atoms with Gasteiger partial charge >= 0.3 is 0 Å². The van der Waals surface area contributed by atoms with Crippen molar-refractivity contribution in [2.24, 2.45) is 5.92 Å². The molecule has 2 N–H and O–H groups in total. The van der Waals surface area contributed by atoms with E-state index in [9.17, 15) is 4.79 Å². The summed E-state index contributed by atoms with van der Waals surface area (Å²) in [4.78, 5) is 11.6. The Kier molecular flexibility index (Phi) is 5.62. The minimum atomic E-state index is -0.00369. The van der Waals surface area contributed by atoms with Crippen molar-refractivity contribution < 1.29 is 9.53 Å². The quantitative estimate of drug-likeness (QED) is 0.870. The smallest absolute Gasteiger partial charge is 0.226 e. The first kappa shape index (κ1) is 15.8. The fourth-order valence-electron chi connectivity index (χ4n) is 2.66. The molecule has 1 aliphatic carbocycles. The van der Waals surface area contributed by atoms with Gasteiger partial charge in [-0.15, -0.1) is 0 Å². The maximum Gasteiger partial charge on any atom is 0.226 e. The van der Waals surface area contributed by atoms with Crippen LogP contribution < -0.4 is 10.6 Å². The van der Waals surface area contributed by atoms with Gasteiger partial charge in [0.2, 0.25) is 5.91 Å². The zero-order chi connectivity index (χ0) is 15.2. The third kappa shape index (κ3) is 4.74. The molecule has 2 rings (SSSR count). The van der Waals surface area contributed by atoms with Gasteiger partial charge in [0, 0.05) is 30.4 Å². The fraction of sp³-hybridized carbons (Fsp3) is 0.588. The Morgan fingerprint density at radius 2 is 1.86 bits per heavy atom. The van der Waals surface area contributed by atoms with Crippen LogP contribution in [0.5, 0.6) is 0 Å². The summed E-state index contributed by atoms with van der Waals surface area (Å²) in [6.45, 7) is 3.78.